The highest BCUT2D eigenvalue weighted by atomic mass is 16.6. The molecular formula is C21H25NO3. The zero-order valence-electron chi connectivity index (χ0n) is 14.9. The molecule has 1 atom stereocenters. The van der Waals surface area contributed by atoms with E-state index in [0.29, 0.717) is 26.1 Å². The molecule has 0 saturated carbocycles. The van der Waals surface area contributed by atoms with Crippen LogP contribution in [0.15, 0.2) is 42.5 Å². The van der Waals surface area contributed by atoms with Crippen molar-refractivity contribution in [2.45, 2.75) is 39.2 Å². The molecule has 4 heteroatoms. The quantitative estimate of drug-likeness (QED) is 0.866. The van der Waals surface area contributed by atoms with E-state index in [1.165, 1.54) is 5.56 Å². The molecule has 2 aromatic carbocycles. The molecule has 2 aromatic rings. The van der Waals surface area contributed by atoms with Crippen LogP contribution in [0.25, 0.3) is 0 Å². The number of rotatable bonds is 6. The maximum atomic E-state index is 12.3. The Morgan fingerprint density at radius 1 is 1.08 bits per heavy atom. The molecular weight excluding hydrogens is 314 g/mol. The van der Waals surface area contributed by atoms with Crippen molar-refractivity contribution in [3.05, 3.63) is 59.2 Å². The van der Waals surface area contributed by atoms with Crippen molar-refractivity contribution in [1.29, 1.82) is 0 Å². The maximum absolute atomic E-state index is 12.3. The van der Waals surface area contributed by atoms with Gasteiger partial charge in [0.2, 0.25) is 5.91 Å². The minimum absolute atomic E-state index is 0.0633. The van der Waals surface area contributed by atoms with Crippen LogP contribution in [-0.4, -0.2) is 19.1 Å². The van der Waals surface area contributed by atoms with Gasteiger partial charge in [-0.1, -0.05) is 42.8 Å². The van der Waals surface area contributed by atoms with Crippen molar-refractivity contribution in [2.75, 3.05) is 13.2 Å². The van der Waals surface area contributed by atoms with Gasteiger partial charge in [0.15, 0.2) is 11.5 Å². The first-order chi connectivity index (χ1) is 12.2. The van der Waals surface area contributed by atoms with Crippen molar-refractivity contribution in [1.82, 2.24) is 5.32 Å². The molecule has 4 nitrogen and oxygen atoms in total. The number of aryl methyl sites for hydroxylation is 2. The lowest BCUT2D eigenvalue weighted by molar-refractivity contribution is -0.121. The third-order valence-corrected chi connectivity index (χ3v) is 4.47. The van der Waals surface area contributed by atoms with Crippen LogP contribution < -0.4 is 14.8 Å². The number of nitrogens with one attached hydrogen (secondary N) is 1. The third kappa shape index (κ3) is 4.53. The first kappa shape index (κ1) is 17.3. The predicted molar refractivity (Wildman–Crippen MR) is 98.1 cm³/mol. The zero-order chi connectivity index (χ0) is 17.6. The van der Waals surface area contributed by atoms with Gasteiger partial charge in [-0.25, -0.2) is 0 Å². The normalized spacial score (nSPS) is 14.0. The molecule has 3 rings (SSSR count). The first-order valence-corrected chi connectivity index (χ1v) is 8.90. The predicted octanol–water partition coefficient (Wildman–Crippen LogP) is 3.97. The van der Waals surface area contributed by atoms with E-state index in [2.05, 4.69) is 43.4 Å². The molecule has 0 aliphatic carbocycles. The average molecular weight is 339 g/mol. The Kier molecular flexibility index (Phi) is 5.59. The summed E-state index contributed by atoms with van der Waals surface area (Å²) in [5, 5.41) is 3.14. The Morgan fingerprint density at radius 3 is 2.52 bits per heavy atom. The third-order valence-electron chi connectivity index (χ3n) is 4.47. The highest BCUT2D eigenvalue weighted by Gasteiger charge is 2.14. The Morgan fingerprint density at radius 2 is 1.80 bits per heavy atom. The van der Waals surface area contributed by atoms with E-state index in [-0.39, 0.29) is 11.9 Å². The highest BCUT2D eigenvalue weighted by molar-refractivity contribution is 5.76. The van der Waals surface area contributed by atoms with Gasteiger partial charge in [0, 0.05) is 6.42 Å². The summed E-state index contributed by atoms with van der Waals surface area (Å²) in [5.74, 6) is 1.63. The second kappa shape index (κ2) is 8.06. The minimum Gasteiger partial charge on any atom is -0.486 e. The zero-order valence-corrected chi connectivity index (χ0v) is 14.9. The van der Waals surface area contributed by atoms with Crippen LogP contribution in [0.1, 0.15) is 42.5 Å². The summed E-state index contributed by atoms with van der Waals surface area (Å²) in [7, 11) is 0. The lowest BCUT2D eigenvalue weighted by atomic mass is 10.0. The van der Waals surface area contributed by atoms with E-state index in [9.17, 15) is 4.79 Å². The molecule has 0 radical (unpaired) electrons. The van der Waals surface area contributed by atoms with E-state index in [1.54, 1.807) is 0 Å². The summed E-state index contributed by atoms with van der Waals surface area (Å²) in [6.45, 7) is 5.32. The summed E-state index contributed by atoms with van der Waals surface area (Å²) in [5.41, 5.74) is 3.46. The summed E-state index contributed by atoms with van der Waals surface area (Å²) in [4.78, 5) is 12.3. The SMILES string of the molecule is CCC(NC(=O)CCc1ccc2c(c1)OCCO2)c1ccc(C)cc1. The summed E-state index contributed by atoms with van der Waals surface area (Å²) >= 11 is 0. The van der Waals surface area contributed by atoms with Crippen molar-refractivity contribution in [2.24, 2.45) is 0 Å². The fourth-order valence-corrected chi connectivity index (χ4v) is 2.99. The number of ether oxygens (including phenoxy) is 2. The van der Waals surface area contributed by atoms with Gasteiger partial charge in [-0.15, -0.1) is 0 Å². The van der Waals surface area contributed by atoms with Gasteiger partial charge in [-0.2, -0.15) is 0 Å². The molecule has 0 aromatic heterocycles. The topological polar surface area (TPSA) is 47.6 Å². The lowest BCUT2D eigenvalue weighted by Crippen LogP contribution is -2.28. The van der Waals surface area contributed by atoms with E-state index in [4.69, 9.17) is 9.47 Å². The average Bonchev–Trinajstić information content (AvgIpc) is 2.65. The molecule has 132 valence electrons. The van der Waals surface area contributed by atoms with Gasteiger partial charge in [0.1, 0.15) is 13.2 Å². The summed E-state index contributed by atoms with van der Waals surface area (Å²) < 4.78 is 11.1. The molecule has 1 aliphatic rings. The maximum Gasteiger partial charge on any atom is 0.220 e. The first-order valence-electron chi connectivity index (χ1n) is 8.90. The Labute approximate surface area is 149 Å². The van der Waals surface area contributed by atoms with E-state index < -0.39 is 0 Å². The molecule has 0 bridgehead atoms. The largest absolute Gasteiger partial charge is 0.486 e. The van der Waals surface area contributed by atoms with E-state index >= 15 is 0 Å². The molecule has 0 spiro atoms. The van der Waals surface area contributed by atoms with E-state index in [0.717, 1.165) is 29.0 Å². The van der Waals surface area contributed by atoms with Crippen molar-refractivity contribution >= 4 is 5.91 Å². The number of hydrogen-bond acceptors (Lipinski definition) is 3. The number of amides is 1. The van der Waals surface area contributed by atoms with Crippen LogP contribution >= 0.6 is 0 Å². The van der Waals surface area contributed by atoms with Crippen LogP contribution in [0, 0.1) is 6.92 Å². The number of fused-ring (bicyclic) bond motifs is 1. The van der Waals surface area contributed by atoms with Gasteiger partial charge in [-0.05, 0) is 43.0 Å². The standard InChI is InChI=1S/C21H25NO3/c1-3-18(17-8-4-15(2)5-9-17)22-21(23)11-7-16-6-10-19-20(14-16)25-13-12-24-19/h4-6,8-10,14,18H,3,7,11-13H2,1-2H3,(H,22,23). The second-order valence-electron chi connectivity index (χ2n) is 6.42. The number of hydrogen-bond donors (Lipinski definition) is 1. The van der Waals surface area contributed by atoms with Crippen LogP contribution in [0.2, 0.25) is 0 Å². The van der Waals surface area contributed by atoms with Gasteiger partial charge in [0.25, 0.3) is 0 Å². The van der Waals surface area contributed by atoms with Crippen molar-refractivity contribution in [3.63, 3.8) is 0 Å². The van der Waals surface area contributed by atoms with Gasteiger partial charge >= 0.3 is 0 Å². The lowest BCUT2D eigenvalue weighted by Gasteiger charge is -2.19. The number of carbonyl (C=O) groups excluding carboxylic acids is 1. The number of benzene rings is 2. The fraction of sp³-hybridized carbons (Fsp3) is 0.381. The van der Waals surface area contributed by atoms with Crippen LogP contribution in [-0.2, 0) is 11.2 Å². The van der Waals surface area contributed by atoms with Gasteiger partial charge in [-0.3, -0.25) is 4.79 Å². The summed E-state index contributed by atoms with van der Waals surface area (Å²) in [6.07, 6.45) is 2.02. The molecule has 1 unspecified atom stereocenters. The molecule has 0 fully saturated rings. The summed E-state index contributed by atoms with van der Waals surface area (Å²) in [6, 6.07) is 14.3. The Balaban J connectivity index is 1.56. The van der Waals surface area contributed by atoms with Gasteiger partial charge < -0.3 is 14.8 Å². The van der Waals surface area contributed by atoms with Crippen LogP contribution in [0.3, 0.4) is 0 Å². The monoisotopic (exact) mass is 339 g/mol. The van der Waals surface area contributed by atoms with E-state index in [1.807, 2.05) is 18.2 Å². The number of carbonyl (C=O) groups is 1. The Hall–Kier alpha value is -2.49. The smallest absolute Gasteiger partial charge is 0.220 e. The molecule has 1 aliphatic heterocycles. The Bertz CT molecular complexity index is 724. The molecule has 25 heavy (non-hydrogen) atoms. The molecule has 0 saturated heterocycles. The molecule has 1 amide bonds. The van der Waals surface area contributed by atoms with Gasteiger partial charge in [0.05, 0.1) is 6.04 Å². The minimum atomic E-state index is 0.0633. The van der Waals surface area contributed by atoms with Crippen LogP contribution in [0.4, 0.5) is 0 Å². The molecule has 1 heterocycles. The second-order valence-corrected chi connectivity index (χ2v) is 6.42. The van der Waals surface area contributed by atoms with Crippen molar-refractivity contribution in [3.8, 4) is 11.5 Å². The molecule has 1 N–H and O–H groups in total. The highest BCUT2D eigenvalue weighted by Crippen LogP contribution is 2.31. The fourth-order valence-electron chi connectivity index (χ4n) is 2.99. The van der Waals surface area contributed by atoms with Crippen LogP contribution in [0.5, 0.6) is 11.5 Å². The van der Waals surface area contributed by atoms with Crippen molar-refractivity contribution < 1.29 is 14.3 Å².